The van der Waals surface area contributed by atoms with Crippen LogP contribution in [0.3, 0.4) is 0 Å². The van der Waals surface area contributed by atoms with Gasteiger partial charge in [-0.05, 0) is 49.7 Å². The van der Waals surface area contributed by atoms with Crippen LogP contribution in [-0.4, -0.2) is 190 Å². The number of hydrogen-bond acceptors (Lipinski definition) is 23. The zero-order valence-electron chi connectivity index (χ0n) is 79.8. The van der Waals surface area contributed by atoms with E-state index in [1.54, 1.807) is 0 Å². The van der Waals surface area contributed by atoms with Crippen LogP contribution in [0.5, 0.6) is 0 Å². The van der Waals surface area contributed by atoms with E-state index < -0.39 is 149 Å². The largest absolute Gasteiger partial charge is 0.462 e. The minimum Gasteiger partial charge on any atom is -0.462 e. The number of alkyl halides is 11. The molecule has 4 rings (SSSR count). The molecule has 4 unspecified atom stereocenters. The smallest absolute Gasteiger partial charge is 0.407 e. The molecule has 4 N–H and O–H groups in total. The van der Waals surface area contributed by atoms with Gasteiger partial charge in [0.25, 0.3) is 3.79 Å². The standard InChI is InChI=1S/C48H77Cl6N2O11P.C46H77Cl3NO11P.CH2Cl2/c1-5-7-9-11-13-15-16-18-20-22-27-31-39(57)63-37(30-26-21-19-17-14-12-10-8-6-2)32-40(58)65-43-41(56-46(59)62-35-47(49,50)51)44(66-45(55)48(52,53)54)64-38(42(43)67-68(3,4)60)34-61-33-36-28-24-23-25-29-36;1-5-7-9-11-13-15-16-18-20-22-27-31-39(51)58-37(30-26-21-19-17-14-12-10-8-6-2)32-40(52)60-43-41(50-45(54)57-35-46(47,48)49)44(53)59-38(42(43)61-62(3,4)55)34-56-33-36-28-24-23-25-29-36;2-1-3/h23-25,28-29,37-38,41-44,55H,5-22,26-27,30-35H2,1-4H3,(H,56,59);23-25,28-29,37-38,41-44,53H,5-22,26-27,30-35H2,1-4H3,(H,50,54);1H2/t37-,38?,41?,42-,43-,44-;37-,38?,41?,42-,43-,44+;/m11./s1. The van der Waals surface area contributed by atoms with E-state index in [2.05, 4.69) is 38.3 Å². The van der Waals surface area contributed by atoms with Crippen LogP contribution in [0.1, 0.15) is 334 Å². The second kappa shape index (κ2) is 75.5. The van der Waals surface area contributed by atoms with E-state index in [0.717, 1.165) is 101 Å². The Hall–Kier alpha value is -2.30. The lowest BCUT2D eigenvalue weighted by Crippen LogP contribution is -2.67. The maximum atomic E-state index is 14.3. The number of esters is 4. The Morgan fingerprint density at radius 2 is 0.707 bits per heavy atom. The molecule has 12 atom stereocenters. The van der Waals surface area contributed by atoms with Crippen LogP contribution in [0.25, 0.3) is 0 Å². The van der Waals surface area contributed by atoms with Gasteiger partial charge in [0.1, 0.15) is 61.9 Å². The first-order chi connectivity index (χ1) is 63.2. The molecule has 2 aromatic carbocycles. The third-order valence-electron chi connectivity index (χ3n) is 21.8. The van der Waals surface area contributed by atoms with Crippen molar-refractivity contribution >= 4 is 184 Å². The number of hydrogen-bond donors (Lipinski definition) is 4. The molecule has 25 nitrogen and oxygen atoms in total. The van der Waals surface area contributed by atoms with Crippen LogP contribution in [0.4, 0.5) is 9.59 Å². The molecule has 0 bridgehead atoms. The number of ether oxygens (including phenoxy) is 11. The summed E-state index contributed by atoms with van der Waals surface area (Å²) >= 11 is 62.5. The number of unbranched alkanes of at least 4 members (excludes halogenated alkanes) is 36. The summed E-state index contributed by atoms with van der Waals surface area (Å²) in [6.07, 6.45) is 29.9. The molecule has 770 valence electrons. The van der Waals surface area contributed by atoms with Gasteiger partial charge in [0.05, 0.1) is 44.6 Å². The molecule has 0 radical (unpaired) electrons. The molecule has 2 aromatic rings. The van der Waals surface area contributed by atoms with Crippen molar-refractivity contribution in [2.45, 2.75) is 421 Å². The predicted octanol–water partition coefficient (Wildman–Crippen LogP) is 28.1. The second-order valence-corrected chi connectivity index (χ2v) is 48.4. The topological polar surface area (TPSA) is 325 Å². The lowest BCUT2D eigenvalue weighted by molar-refractivity contribution is -0.256. The van der Waals surface area contributed by atoms with Crippen molar-refractivity contribution in [2.75, 3.05) is 58.4 Å². The number of aliphatic hydroxyl groups excluding tert-OH is 1. The van der Waals surface area contributed by atoms with E-state index in [4.69, 9.17) is 194 Å². The van der Waals surface area contributed by atoms with Crippen molar-refractivity contribution in [1.29, 1.82) is 5.41 Å². The number of carbonyl (C=O) groups is 6. The van der Waals surface area contributed by atoms with Crippen LogP contribution >= 0.6 is 142 Å². The Morgan fingerprint density at radius 1 is 0.414 bits per heavy atom. The fourth-order valence-corrected chi connectivity index (χ4v) is 17.2. The summed E-state index contributed by atoms with van der Waals surface area (Å²) in [4.78, 5) is 80.9. The summed E-state index contributed by atoms with van der Waals surface area (Å²) in [5, 5.41) is 24.8. The Kier molecular flexibility index (Phi) is 71.9. The molecule has 2 heterocycles. The normalized spacial score (nSPS) is 19.2. The van der Waals surface area contributed by atoms with E-state index in [9.17, 15) is 43.0 Å². The van der Waals surface area contributed by atoms with Crippen molar-refractivity contribution in [3.63, 3.8) is 0 Å². The van der Waals surface area contributed by atoms with Gasteiger partial charge in [-0.3, -0.25) is 33.7 Å². The lowest BCUT2D eigenvalue weighted by atomic mass is 9.96. The van der Waals surface area contributed by atoms with Crippen molar-refractivity contribution in [1.82, 2.24) is 10.6 Å². The highest BCUT2D eigenvalue weighted by atomic mass is 35.6. The minimum absolute atomic E-state index is 0.111. The number of rotatable bonds is 69. The number of halogens is 11. The number of amides is 2. The first-order valence-corrected chi connectivity index (χ1v) is 57.7. The monoisotopic (exact) mass is 2140 g/mol. The van der Waals surface area contributed by atoms with E-state index >= 15 is 0 Å². The molecule has 2 amide bonds. The minimum atomic E-state index is -3.46. The van der Waals surface area contributed by atoms with Gasteiger partial charge >= 0.3 is 36.1 Å². The Labute approximate surface area is 849 Å². The van der Waals surface area contributed by atoms with E-state index in [0.29, 0.717) is 32.1 Å². The zero-order chi connectivity index (χ0) is 98.8. The summed E-state index contributed by atoms with van der Waals surface area (Å²) in [6.45, 7) is 12.9. The second-order valence-electron chi connectivity index (χ2n) is 34.9. The van der Waals surface area contributed by atoms with Crippen molar-refractivity contribution < 1.29 is 104 Å². The van der Waals surface area contributed by atoms with Gasteiger partial charge in [-0.2, -0.15) is 0 Å². The van der Waals surface area contributed by atoms with Gasteiger partial charge in [-0.15, -0.1) is 23.2 Å². The van der Waals surface area contributed by atoms with Crippen LogP contribution in [0, 0.1) is 5.41 Å². The molecule has 0 saturated carbocycles. The molecule has 0 aliphatic carbocycles. The van der Waals surface area contributed by atoms with Gasteiger partial charge < -0.3 is 76.9 Å². The van der Waals surface area contributed by atoms with E-state index in [-0.39, 0.29) is 63.4 Å². The summed E-state index contributed by atoms with van der Waals surface area (Å²) in [5.74, 6) is -3.33. The van der Waals surface area contributed by atoms with Crippen molar-refractivity contribution in [3.8, 4) is 0 Å². The number of alkyl carbamates (subject to hydrolysis) is 2. The summed E-state index contributed by atoms with van der Waals surface area (Å²) in [6, 6.07) is 15.5. The molecule has 2 aliphatic rings. The Morgan fingerprint density at radius 3 is 1.02 bits per heavy atom. The average Bonchev–Trinajstić information content (AvgIpc) is 0.788. The third-order valence-corrected chi connectivity index (χ3v) is 24.5. The quantitative estimate of drug-likeness (QED) is 0.00909. The van der Waals surface area contributed by atoms with Crippen molar-refractivity contribution in [2.24, 2.45) is 0 Å². The lowest BCUT2D eigenvalue weighted by Gasteiger charge is -2.46. The average molecular weight is 2140 g/mol. The highest BCUT2D eigenvalue weighted by Gasteiger charge is 2.55. The van der Waals surface area contributed by atoms with Gasteiger partial charge in [-0.25, -0.2) is 9.59 Å². The molecule has 38 heteroatoms. The molecule has 0 spiro atoms. The number of carbonyl (C=O) groups excluding carboxylic acids is 6. The van der Waals surface area contributed by atoms with E-state index in [1.807, 2.05) is 60.7 Å². The summed E-state index contributed by atoms with van der Waals surface area (Å²) in [5.41, 5.74) is 1.69. The van der Waals surface area contributed by atoms with Gasteiger partial charge in [-0.1, -0.05) is 424 Å². The molecule has 0 aromatic heterocycles. The Balaban J connectivity index is 0.000000877. The predicted molar refractivity (Wildman–Crippen MR) is 538 cm³/mol. The molecule has 133 heavy (non-hydrogen) atoms. The van der Waals surface area contributed by atoms with Gasteiger partial charge in [0.2, 0.25) is 19.8 Å². The molecular formula is C95H156Cl11N3O22P2. The molecule has 2 aliphatic heterocycles. The van der Waals surface area contributed by atoms with Crippen LogP contribution in [0.15, 0.2) is 60.7 Å². The molecule has 2 saturated heterocycles. The first-order valence-electron chi connectivity index (χ1n) is 48.2. The third kappa shape index (κ3) is 67.0. The highest BCUT2D eigenvalue weighted by molar-refractivity contribution is 7.57. The molecule has 2 fully saturated rings. The van der Waals surface area contributed by atoms with E-state index in [1.165, 1.54) is 174 Å². The molecular weight excluding hydrogens is 1990 g/mol. The fourth-order valence-electron chi connectivity index (χ4n) is 15.1. The summed E-state index contributed by atoms with van der Waals surface area (Å²) < 4.78 is 96.5. The number of nitrogens with one attached hydrogen (secondary N) is 3. The zero-order valence-corrected chi connectivity index (χ0v) is 89.9. The maximum absolute atomic E-state index is 14.3. The number of aliphatic hydroxyl groups is 1. The van der Waals surface area contributed by atoms with Crippen molar-refractivity contribution in [3.05, 3.63) is 71.8 Å². The Bertz CT molecular complexity index is 3490. The number of benzene rings is 2. The van der Waals surface area contributed by atoms with Crippen LogP contribution < -0.4 is 10.6 Å². The van der Waals surface area contributed by atoms with Gasteiger partial charge in [0.15, 0.2) is 33.2 Å². The van der Waals surface area contributed by atoms with Crippen LogP contribution in [-0.2, 0) is 103 Å². The highest BCUT2D eigenvalue weighted by Crippen LogP contribution is 2.46. The van der Waals surface area contributed by atoms with Gasteiger partial charge in [0, 0.05) is 39.5 Å². The fraction of sp³-hybridized carbons (Fsp3) is 0.800. The van der Waals surface area contributed by atoms with Crippen LogP contribution in [0.2, 0.25) is 0 Å². The maximum Gasteiger partial charge on any atom is 0.407 e. The SMILES string of the molecule is CCCCCCCCCCCCCC(=O)O[C@H](CCCCCCCCCCC)CC(=O)O[C@@H]1C(NC(=O)OCC(Cl)(Cl)Cl)[C@@H](O)OC(COCc2ccccc2)[C@H]1OP(C)(C)=O.CCCCCCCCCCCCCC(=O)O[C@H](CCCCCCCCCCC)CC(=O)O[C@@H]1C(NC(=O)OCC(Cl)(Cl)Cl)[C@@H](OC(=N)C(Cl)(Cl)Cl)OC(COCc2ccccc2)[C@H]1OP(C)(C)=O.ClCCl. The summed E-state index contributed by atoms with van der Waals surface area (Å²) in [7, 11) is -6.80. The first kappa shape index (κ1) is 127.